The van der Waals surface area contributed by atoms with Crippen molar-refractivity contribution in [3.8, 4) is 5.75 Å². The summed E-state index contributed by atoms with van der Waals surface area (Å²) >= 11 is 0. The van der Waals surface area contributed by atoms with Crippen LogP contribution in [0.25, 0.3) is 10.8 Å². The third kappa shape index (κ3) is 7.18. The Kier molecular flexibility index (Phi) is 9.04. The Labute approximate surface area is 233 Å². The Morgan fingerprint density at radius 2 is 1.62 bits per heavy atom. The van der Waals surface area contributed by atoms with Gasteiger partial charge in [-0.3, -0.25) is 10.1 Å². The van der Waals surface area contributed by atoms with Crippen molar-refractivity contribution in [2.24, 2.45) is 5.41 Å². The van der Waals surface area contributed by atoms with E-state index in [0.717, 1.165) is 10.8 Å². The number of hydrogen-bond acceptors (Lipinski definition) is 6. The molecule has 2 amide bonds. The first-order chi connectivity index (χ1) is 19.3. The Bertz CT molecular complexity index is 1510. The highest BCUT2D eigenvalue weighted by molar-refractivity contribution is 6.01. The van der Waals surface area contributed by atoms with Crippen LogP contribution >= 0.6 is 0 Å². The van der Waals surface area contributed by atoms with E-state index in [1.807, 2.05) is 62.4 Å². The van der Waals surface area contributed by atoms with Crippen LogP contribution in [-0.4, -0.2) is 30.3 Å². The summed E-state index contributed by atoms with van der Waals surface area (Å²) in [7, 11) is 0. The predicted molar refractivity (Wildman–Crippen MR) is 158 cm³/mol. The minimum Gasteiger partial charge on any atom is -0.491 e. The number of ether oxygens (including phenoxy) is 2. The van der Waals surface area contributed by atoms with Crippen molar-refractivity contribution >= 4 is 39.8 Å². The molecule has 0 saturated carbocycles. The zero-order valence-electron chi connectivity index (χ0n) is 22.5. The van der Waals surface area contributed by atoms with E-state index in [9.17, 15) is 9.59 Å². The lowest BCUT2D eigenvalue weighted by Crippen LogP contribution is -2.28. The minimum absolute atomic E-state index is 0.128. The molecule has 8 nitrogen and oxygen atoms in total. The molecule has 4 aromatic carbocycles. The number of rotatable bonds is 10. The number of nitrogens with two attached hydrogens (primary N) is 1. The number of para-hydroxylation sites is 2. The summed E-state index contributed by atoms with van der Waals surface area (Å²) in [5.41, 5.74) is 7.36. The molecule has 1 atom stereocenters. The Balaban J connectivity index is 1.59. The molecule has 0 spiro atoms. The molecule has 0 bridgehead atoms. The minimum atomic E-state index is -0.828. The maximum atomic E-state index is 13.2. The van der Waals surface area contributed by atoms with E-state index in [1.165, 1.54) is 6.08 Å². The summed E-state index contributed by atoms with van der Waals surface area (Å²) in [6, 6.07) is 27.5. The quantitative estimate of drug-likeness (QED) is 0.138. The number of carbonyl (C=O) groups excluding carboxylic acids is 2. The number of aliphatic hydroxyl groups is 1. The molecule has 0 saturated heterocycles. The van der Waals surface area contributed by atoms with E-state index in [0.29, 0.717) is 28.4 Å². The summed E-state index contributed by atoms with van der Waals surface area (Å²) in [6.07, 6.45) is 1.65. The Hall–Kier alpha value is -4.82. The maximum Gasteiger partial charge on any atom is 0.412 e. The zero-order chi connectivity index (χ0) is 28.5. The van der Waals surface area contributed by atoms with Crippen LogP contribution in [0.1, 0.15) is 25.5 Å². The second kappa shape index (κ2) is 12.8. The molecule has 0 aliphatic heterocycles. The number of hydrogen-bond donors (Lipinski definition) is 4. The highest BCUT2D eigenvalue weighted by atomic mass is 16.6. The van der Waals surface area contributed by atoms with Gasteiger partial charge >= 0.3 is 6.09 Å². The number of nitrogens with one attached hydrogen (secondary N) is 2. The number of amides is 2. The van der Waals surface area contributed by atoms with Crippen molar-refractivity contribution in [1.29, 1.82) is 0 Å². The van der Waals surface area contributed by atoms with Crippen LogP contribution in [0, 0.1) is 5.41 Å². The van der Waals surface area contributed by atoms with Crippen LogP contribution < -0.4 is 21.1 Å². The lowest BCUT2D eigenvalue weighted by atomic mass is 9.82. The van der Waals surface area contributed by atoms with E-state index in [1.54, 1.807) is 48.5 Å². The molecular weight excluding hydrogens is 506 g/mol. The van der Waals surface area contributed by atoms with Crippen molar-refractivity contribution in [3.63, 3.8) is 0 Å². The number of benzene rings is 4. The van der Waals surface area contributed by atoms with Crippen LogP contribution in [0.5, 0.6) is 5.75 Å². The molecule has 4 rings (SSSR count). The second-order valence-electron chi connectivity index (χ2n) is 9.81. The fraction of sp³-hybridized carbons (Fsp3) is 0.188. The van der Waals surface area contributed by atoms with Crippen molar-refractivity contribution in [2.45, 2.75) is 20.0 Å². The maximum absolute atomic E-state index is 13.2. The average Bonchev–Trinajstić information content (AvgIpc) is 2.95. The molecule has 0 fully saturated rings. The molecule has 0 aliphatic rings. The Morgan fingerprint density at radius 1 is 0.925 bits per heavy atom. The molecule has 5 N–H and O–H groups in total. The van der Waals surface area contributed by atoms with Crippen LogP contribution in [-0.2, 0) is 9.53 Å². The second-order valence-corrected chi connectivity index (χ2v) is 9.81. The summed E-state index contributed by atoms with van der Waals surface area (Å²) in [5, 5.41) is 16.7. The SMILES string of the molecule is CC(C)(/C=C/C(=O)Nc1ccccc1N)[C@@H](OC(=O)Nc1cccc2ccccc12)c1cccc(OCCO)c1. The summed E-state index contributed by atoms with van der Waals surface area (Å²) in [5.74, 6) is 0.150. The van der Waals surface area contributed by atoms with Crippen LogP contribution in [0.15, 0.2) is 103 Å². The van der Waals surface area contributed by atoms with Crippen molar-refractivity contribution in [3.05, 3.63) is 109 Å². The molecule has 40 heavy (non-hydrogen) atoms. The highest BCUT2D eigenvalue weighted by Gasteiger charge is 2.33. The monoisotopic (exact) mass is 539 g/mol. The van der Waals surface area contributed by atoms with Gasteiger partial charge in [-0.15, -0.1) is 0 Å². The molecule has 4 aromatic rings. The fourth-order valence-corrected chi connectivity index (χ4v) is 4.32. The molecule has 0 heterocycles. The van der Waals surface area contributed by atoms with Gasteiger partial charge in [-0.25, -0.2) is 4.79 Å². The standard InChI is InChI=1S/C32H33N3O5/c1-32(2,18-17-29(37)34-28-15-6-5-14-26(28)33)30(23-11-7-12-24(21-23)39-20-19-36)40-31(38)35-27-16-8-10-22-9-3-4-13-25(22)27/h3-18,21,30,36H,19-20,33H2,1-2H3,(H,34,37)(H,35,38)/b18-17+/t30-/m0/s1. The van der Waals surface area contributed by atoms with Crippen LogP contribution in [0.2, 0.25) is 0 Å². The van der Waals surface area contributed by atoms with Gasteiger partial charge in [-0.2, -0.15) is 0 Å². The van der Waals surface area contributed by atoms with Crippen molar-refractivity contribution in [1.82, 2.24) is 0 Å². The molecule has 0 unspecified atom stereocenters. The first-order valence-corrected chi connectivity index (χ1v) is 12.9. The lowest BCUT2D eigenvalue weighted by Gasteiger charge is -2.32. The van der Waals surface area contributed by atoms with Gasteiger partial charge in [-0.1, -0.05) is 80.6 Å². The predicted octanol–water partition coefficient (Wildman–Crippen LogP) is 6.30. The van der Waals surface area contributed by atoms with Gasteiger partial charge in [0.1, 0.15) is 18.5 Å². The molecule has 0 aliphatic carbocycles. The summed E-state index contributed by atoms with van der Waals surface area (Å²) in [6.45, 7) is 3.73. The summed E-state index contributed by atoms with van der Waals surface area (Å²) in [4.78, 5) is 26.0. The molecule has 8 heteroatoms. The average molecular weight is 540 g/mol. The Morgan fingerprint density at radius 3 is 2.42 bits per heavy atom. The topological polar surface area (TPSA) is 123 Å². The van der Waals surface area contributed by atoms with E-state index < -0.39 is 17.6 Å². The van der Waals surface area contributed by atoms with Crippen molar-refractivity contribution < 1.29 is 24.2 Å². The van der Waals surface area contributed by atoms with Gasteiger partial charge in [0.25, 0.3) is 0 Å². The van der Waals surface area contributed by atoms with Gasteiger partial charge in [0.05, 0.1) is 23.7 Å². The highest BCUT2D eigenvalue weighted by Crippen LogP contribution is 2.39. The van der Waals surface area contributed by atoms with Gasteiger partial charge in [0.2, 0.25) is 5.91 Å². The molecular formula is C32H33N3O5. The normalized spacial score (nSPS) is 12.2. The largest absolute Gasteiger partial charge is 0.491 e. The number of fused-ring (bicyclic) bond motifs is 1. The number of carbonyl (C=O) groups is 2. The van der Waals surface area contributed by atoms with E-state index in [2.05, 4.69) is 10.6 Å². The first kappa shape index (κ1) is 28.2. The van der Waals surface area contributed by atoms with Gasteiger partial charge in [0.15, 0.2) is 0 Å². The van der Waals surface area contributed by atoms with E-state index in [4.69, 9.17) is 20.3 Å². The molecule has 0 aromatic heterocycles. The van der Waals surface area contributed by atoms with Gasteiger partial charge < -0.3 is 25.6 Å². The smallest absolute Gasteiger partial charge is 0.412 e. The zero-order valence-corrected chi connectivity index (χ0v) is 22.5. The van der Waals surface area contributed by atoms with Gasteiger partial charge in [-0.05, 0) is 47.4 Å². The number of anilines is 3. The third-order valence-corrected chi connectivity index (χ3v) is 6.33. The van der Waals surface area contributed by atoms with Crippen molar-refractivity contribution in [2.75, 3.05) is 29.6 Å². The molecule has 206 valence electrons. The van der Waals surface area contributed by atoms with Crippen LogP contribution in [0.3, 0.4) is 0 Å². The molecule has 0 radical (unpaired) electrons. The number of nitrogen functional groups attached to an aromatic ring is 1. The lowest BCUT2D eigenvalue weighted by molar-refractivity contribution is -0.112. The fourth-order valence-electron chi connectivity index (χ4n) is 4.32. The first-order valence-electron chi connectivity index (χ1n) is 12.9. The third-order valence-electron chi connectivity index (χ3n) is 6.33. The van der Waals surface area contributed by atoms with Crippen LogP contribution in [0.4, 0.5) is 21.9 Å². The van der Waals surface area contributed by atoms with Gasteiger partial charge in [0, 0.05) is 10.8 Å². The summed E-state index contributed by atoms with van der Waals surface area (Å²) < 4.78 is 11.6. The number of aliphatic hydroxyl groups excluding tert-OH is 1. The van der Waals surface area contributed by atoms with E-state index in [-0.39, 0.29) is 19.1 Å². The van der Waals surface area contributed by atoms with E-state index >= 15 is 0 Å².